The molecule has 0 saturated carbocycles. The lowest BCUT2D eigenvalue weighted by Crippen LogP contribution is -2.34. The van der Waals surface area contributed by atoms with E-state index in [1.807, 2.05) is 30.3 Å². The number of carboxylic acid groups (broad SMARTS) is 1. The van der Waals surface area contributed by atoms with Gasteiger partial charge in [0.05, 0.1) is 37.9 Å². The van der Waals surface area contributed by atoms with E-state index in [9.17, 15) is 9.90 Å². The third-order valence-corrected chi connectivity index (χ3v) is 4.79. The molecule has 0 saturated heterocycles. The molecule has 7 nitrogen and oxygen atoms in total. The van der Waals surface area contributed by atoms with Crippen molar-refractivity contribution in [3.8, 4) is 28.4 Å². The molecule has 0 unspecified atom stereocenters. The van der Waals surface area contributed by atoms with Gasteiger partial charge in [-0.25, -0.2) is 9.48 Å². The molecule has 0 radical (unpaired) electrons. The van der Waals surface area contributed by atoms with E-state index in [2.05, 4.69) is 5.10 Å². The Morgan fingerprint density at radius 3 is 2.33 bits per heavy atom. The summed E-state index contributed by atoms with van der Waals surface area (Å²) in [6, 6.07) is 14.6. The lowest BCUT2D eigenvalue weighted by molar-refractivity contribution is -0.162. The normalized spacial score (nSPS) is 11.4. The zero-order valence-electron chi connectivity index (χ0n) is 17.2. The van der Waals surface area contributed by atoms with Gasteiger partial charge in [0.25, 0.3) is 0 Å². The number of carbonyl (C=O) groups is 1. The summed E-state index contributed by atoms with van der Waals surface area (Å²) >= 11 is 6.18. The lowest BCUT2D eigenvalue weighted by Gasteiger charge is -2.19. The van der Waals surface area contributed by atoms with Crippen molar-refractivity contribution < 1.29 is 24.1 Å². The first-order valence-corrected chi connectivity index (χ1v) is 9.57. The van der Waals surface area contributed by atoms with Gasteiger partial charge in [-0.1, -0.05) is 17.7 Å². The Bertz CT molecular complexity index is 1040. The fourth-order valence-electron chi connectivity index (χ4n) is 2.78. The number of hydrogen-bond acceptors (Lipinski definition) is 5. The number of carboxylic acids is 1. The summed E-state index contributed by atoms with van der Waals surface area (Å²) < 4.78 is 18.1. The standard InChI is InChI=1S/C22H23ClN2O5/c1-22(2,21(26)27)30-13-16-11-20(14-8-18(28-3)12-19(9-14)29-4)25(24-16)17-7-5-6-15(23)10-17/h5-12H,13H2,1-4H3,(H,26,27). The summed E-state index contributed by atoms with van der Waals surface area (Å²) in [4.78, 5) is 11.3. The van der Waals surface area contributed by atoms with Crippen molar-refractivity contribution in [1.29, 1.82) is 0 Å². The maximum Gasteiger partial charge on any atom is 0.335 e. The molecule has 3 rings (SSSR count). The maximum atomic E-state index is 11.3. The van der Waals surface area contributed by atoms with Gasteiger partial charge >= 0.3 is 5.97 Å². The highest BCUT2D eigenvalue weighted by Gasteiger charge is 2.28. The van der Waals surface area contributed by atoms with E-state index in [0.717, 1.165) is 16.9 Å². The Hall–Kier alpha value is -3.03. The molecule has 1 N–H and O–H groups in total. The number of aliphatic carboxylic acids is 1. The molecule has 30 heavy (non-hydrogen) atoms. The van der Waals surface area contributed by atoms with Gasteiger partial charge in [-0.3, -0.25) is 0 Å². The summed E-state index contributed by atoms with van der Waals surface area (Å²) in [6.07, 6.45) is 0. The van der Waals surface area contributed by atoms with Crippen LogP contribution in [0.5, 0.6) is 11.5 Å². The van der Waals surface area contributed by atoms with Crippen molar-refractivity contribution >= 4 is 17.6 Å². The molecule has 8 heteroatoms. The highest BCUT2D eigenvalue weighted by molar-refractivity contribution is 6.30. The number of benzene rings is 2. The Balaban J connectivity index is 2.09. The van der Waals surface area contributed by atoms with Gasteiger partial charge in [0.2, 0.25) is 0 Å². The van der Waals surface area contributed by atoms with Gasteiger partial charge < -0.3 is 19.3 Å². The number of hydrogen-bond donors (Lipinski definition) is 1. The fourth-order valence-corrected chi connectivity index (χ4v) is 2.97. The maximum absolute atomic E-state index is 11.3. The van der Waals surface area contributed by atoms with Crippen molar-refractivity contribution in [2.45, 2.75) is 26.1 Å². The van der Waals surface area contributed by atoms with Gasteiger partial charge in [-0.15, -0.1) is 0 Å². The van der Waals surface area contributed by atoms with Crippen molar-refractivity contribution in [3.63, 3.8) is 0 Å². The van der Waals surface area contributed by atoms with Crippen LogP contribution >= 0.6 is 11.6 Å². The minimum atomic E-state index is -1.33. The van der Waals surface area contributed by atoms with Crippen molar-refractivity contribution in [2.75, 3.05) is 14.2 Å². The first-order valence-electron chi connectivity index (χ1n) is 9.19. The van der Waals surface area contributed by atoms with Gasteiger partial charge in [0, 0.05) is 16.7 Å². The molecule has 0 aliphatic rings. The van der Waals surface area contributed by atoms with Crippen LogP contribution < -0.4 is 9.47 Å². The van der Waals surface area contributed by atoms with Crippen LogP contribution in [0.15, 0.2) is 48.5 Å². The van der Waals surface area contributed by atoms with E-state index in [0.29, 0.717) is 22.2 Å². The van der Waals surface area contributed by atoms with E-state index in [-0.39, 0.29) is 6.61 Å². The van der Waals surface area contributed by atoms with Crippen LogP contribution in [0.25, 0.3) is 16.9 Å². The quantitative estimate of drug-likeness (QED) is 0.562. The predicted octanol–water partition coefficient (Wildman–Crippen LogP) is 4.59. The van der Waals surface area contributed by atoms with E-state index in [1.165, 1.54) is 13.8 Å². The molecule has 0 amide bonds. The Kier molecular flexibility index (Phi) is 6.34. The van der Waals surface area contributed by atoms with Gasteiger partial charge in [-0.05, 0) is 50.2 Å². The molecular formula is C22H23ClN2O5. The lowest BCUT2D eigenvalue weighted by atomic mass is 10.1. The SMILES string of the molecule is COc1cc(OC)cc(-c2cc(COC(C)(C)C(=O)O)nn2-c2cccc(Cl)c2)c1. The number of methoxy groups -OCH3 is 2. The second kappa shape index (κ2) is 8.77. The number of rotatable bonds is 8. The molecule has 0 bridgehead atoms. The predicted molar refractivity (Wildman–Crippen MR) is 114 cm³/mol. The number of halogens is 1. The van der Waals surface area contributed by atoms with Crippen LogP contribution in [0.3, 0.4) is 0 Å². The van der Waals surface area contributed by atoms with Crippen LogP contribution in [0, 0.1) is 0 Å². The third-order valence-electron chi connectivity index (χ3n) is 4.56. The van der Waals surface area contributed by atoms with Crippen molar-refractivity contribution in [3.05, 3.63) is 59.2 Å². The zero-order chi connectivity index (χ0) is 21.9. The van der Waals surface area contributed by atoms with Crippen LogP contribution in [0.2, 0.25) is 5.02 Å². The van der Waals surface area contributed by atoms with Crippen LogP contribution in [0.1, 0.15) is 19.5 Å². The molecule has 1 aromatic heterocycles. The van der Waals surface area contributed by atoms with Crippen molar-refractivity contribution in [1.82, 2.24) is 9.78 Å². The molecule has 0 atom stereocenters. The second-order valence-electron chi connectivity index (χ2n) is 7.12. The average Bonchev–Trinajstić information content (AvgIpc) is 3.16. The molecular weight excluding hydrogens is 408 g/mol. The first-order chi connectivity index (χ1) is 14.2. The molecule has 0 aliphatic carbocycles. The van der Waals surface area contributed by atoms with E-state index in [1.54, 1.807) is 37.1 Å². The molecule has 1 heterocycles. The Labute approximate surface area is 179 Å². The van der Waals surface area contributed by atoms with E-state index in [4.69, 9.17) is 25.8 Å². The van der Waals surface area contributed by atoms with Crippen LogP contribution in [0.4, 0.5) is 0 Å². The second-order valence-corrected chi connectivity index (χ2v) is 7.55. The van der Waals surface area contributed by atoms with E-state index < -0.39 is 11.6 Å². The van der Waals surface area contributed by atoms with E-state index >= 15 is 0 Å². The molecule has 0 spiro atoms. The molecule has 3 aromatic rings. The minimum Gasteiger partial charge on any atom is -0.497 e. The largest absolute Gasteiger partial charge is 0.497 e. The van der Waals surface area contributed by atoms with Crippen LogP contribution in [-0.2, 0) is 16.1 Å². The van der Waals surface area contributed by atoms with Crippen molar-refractivity contribution in [2.24, 2.45) is 0 Å². The first kappa shape index (κ1) is 21.7. The molecule has 2 aromatic carbocycles. The van der Waals surface area contributed by atoms with Crippen LogP contribution in [-0.4, -0.2) is 40.7 Å². The number of ether oxygens (including phenoxy) is 3. The summed E-state index contributed by atoms with van der Waals surface area (Å²) in [5, 5.41) is 14.5. The smallest absolute Gasteiger partial charge is 0.335 e. The molecule has 0 aliphatic heterocycles. The highest BCUT2D eigenvalue weighted by Crippen LogP contribution is 2.32. The Morgan fingerprint density at radius 2 is 1.77 bits per heavy atom. The summed E-state index contributed by atoms with van der Waals surface area (Å²) in [6.45, 7) is 3.02. The third kappa shape index (κ3) is 4.75. The highest BCUT2D eigenvalue weighted by atomic mass is 35.5. The topological polar surface area (TPSA) is 82.8 Å². The van der Waals surface area contributed by atoms with Gasteiger partial charge in [0.15, 0.2) is 5.60 Å². The fraction of sp³-hybridized carbons (Fsp3) is 0.273. The monoisotopic (exact) mass is 430 g/mol. The summed E-state index contributed by atoms with van der Waals surface area (Å²) in [5.74, 6) is 0.218. The van der Waals surface area contributed by atoms with Gasteiger partial charge in [0.1, 0.15) is 11.5 Å². The molecule has 0 fully saturated rings. The number of aromatic nitrogens is 2. The average molecular weight is 431 g/mol. The Morgan fingerprint density at radius 1 is 1.10 bits per heavy atom. The molecule has 158 valence electrons. The summed E-state index contributed by atoms with van der Waals surface area (Å²) in [5.41, 5.74) is 1.55. The zero-order valence-corrected chi connectivity index (χ0v) is 17.9. The van der Waals surface area contributed by atoms with Gasteiger partial charge in [-0.2, -0.15) is 5.10 Å². The number of nitrogens with zero attached hydrogens (tertiary/aromatic N) is 2. The minimum absolute atomic E-state index is 0.0287. The summed E-state index contributed by atoms with van der Waals surface area (Å²) in [7, 11) is 3.17.